The lowest BCUT2D eigenvalue weighted by Crippen LogP contribution is -2.33. The molecule has 1 saturated carbocycles. The average Bonchev–Trinajstić information content (AvgIpc) is 2.63. The lowest BCUT2D eigenvalue weighted by molar-refractivity contribution is -0.120. The first-order valence-electron chi connectivity index (χ1n) is 9.23. The quantitative estimate of drug-likeness (QED) is 0.762. The van der Waals surface area contributed by atoms with Crippen molar-refractivity contribution in [1.82, 2.24) is 5.32 Å². The van der Waals surface area contributed by atoms with Crippen LogP contribution in [-0.2, 0) is 4.79 Å². The minimum Gasteiger partial charge on any atom is -0.314 e. The van der Waals surface area contributed by atoms with Crippen molar-refractivity contribution in [2.45, 2.75) is 72.3 Å². The van der Waals surface area contributed by atoms with E-state index in [2.05, 4.69) is 55.6 Å². The topological polar surface area (TPSA) is 29.1 Å². The fourth-order valence-corrected chi connectivity index (χ4v) is 2.31. The van der Waals surface area contributed by atoms with E-state index in [1.54, 1.807) is 0 Å². The van der Waals surface area contributed by atoms with Gasteiger partial charge in [0, 0.05) is 18.9 Å². The summed E-state index contributed by atoms with van der Waals surface area (Å²) in [5.41, 5.74) is 1.28. The molecular formula is C21H35NO. The Bertz CT molecular complexity index is 401. The second-order valence-corrected chi connectivity index (χ2v) is 5.49. The van der Waals surface area contributed by atoms with Crippen LogP contribution in [0.5, 0.6) is 0 Å². The molecule has 0 spiro atoms. The number of ketones is 1. The van der Waals surface area contributed by atoms with E-state index in [-0.39, 0.29) is 0 Å². The molecule has 2 rings (SSSR count). The maximum Gasteiger partial charge on any atom is 0.133 e. The van der Waals surface area contributed by atoms with Crippen LogP contribution in [0.4, 0.5) is 0 Å². The molecule has 2 heteroatoms. The van der Waals surface area contributed by atoms with Crippen LogP contribution in [0.15, 0.2) is 36.4 Å². The highest BCUT2D eigenvalue weighted by Crippen LogP contribution is 2.14. The molecule has 1 fully saturated rings. The normalized spacial score (nSPS) is 14.7. The number of allylic oxidation sites excluding steroid dienone is 1. The summed E-state index contributed by atoms with van der Waals surface area (Å²) in [6.45, 7) is 9.40. The molecule has 0 amide bonds. The standard InChI is InChI=1S/C10H12.C9H17NO.C2H6/c1-2-3-7-10-8-5-4-6-9-10;1-2-7-10-8-3-5-9(11)6-4-8;1-2/h3-9H,2H2,1H3;8,10H,2-7H2,1H3;1-2H3/b7-3-;;. The molecule has 0 heterocycles. The summed E-state index contributed by atoms with van der Waals surface area (Å²) < 4.78 is 0. The Hall–Kier alpha value is -1.41. The highest BCUT2D eigenvalue weighted by atomic mass is 16.1. The summed E-state index contributed by atoms with van der Waals surface area (Å²) in [4.78, 5) is 10.9. The first kappa shape index (κ1) is 21.6. The predicted octanol–water partition coefficient (Wildman–Crippen LogP) is 5.63. The van der Waals surface area contributed by atoms with Gasteiger partial charge in [0.15, 0.2) is 0 Å². The van der Waals surface area contributed by atoms with Gasteiger partial charge in [-0.15, -0.1) is 0 Å². The van der Waals surface area contributed by atoms with Crippen molar-refractivity contribution in [3.8, 4) is 0 Å². The molecule has 1 aliphatic carbocycles. The van der Waals surface area contributed by atoms with Crippen molar-refractivity contribution >= 4 is 11.9 Å². The van der Waals surface area contributed by atoms with Crippen molar-refractivity contribution in [3.63, 3.8) is 0 Å². The highest BCUT2D eigenvalue weighted by molar-refractivity contribution is 5.79. The van der Waals surface area contributed by atoms with E-state index < -0.39 is 0 Å². The molecule has 1 N–H and O–H groups in total. The Morgan fingerprint density at radius 3 is 2.22 bits per heavy atom. The zero-order valence-corrected chi connectivity index (χ0v) is 15.5. The average molecular weight is 318 g/mol. The molecule has 0 radical (unpaired) electrons. The molecule has 0 aromatic heterocycles. The summed E-state index contributed by atoms with van der Waals surface area (Å²) in [5, 5.41) is 3.44. The summed E-state index contributed by atoms with van der Waals surface area (Å²) in [5.74, 6) is 0.444. The maximum atomic E-state index is 10.9. The van der Waals surface area contributed by atoms with Crippen LogP contribution in [0.3, 0.4) is 0 Å². The molecule has 0 aliphatic heterocycles. The molecule has 0 unspecified atom stereocenters. The summed E-state index contributed by atoms with van der Waals surface area (Å²) in [7, 11) is 0. The van der Waals surface area contributed by atoms with Crippen molar-refractivity contribution in [2.24, 2.45) is 0 Å². The van der Waals surface area contributed by atoms with Crippen LogP contribution in [0, 0.1) is 0 Å². The molecule has 2 nitrogen and oxygen atoms in total. The van der Waals surface area contributed by atoms with Gasteiger partial charge in [0.25, 0.3) is 0 Å². The Morgan fingerprint density at radius 2 is 1.70 bits per heavy atom. The smallest absolute Gasteiger partial charge is 0.133 e. The molecule has 130 valence electrons. The molecule has 1 aliphatic rings. The van der Waals surface area contributed by atoms with E-state index in [9.17, 15) is 4.79 Å². The molecule has 1 aromatic carbocycles. The van der Waals surface area contributed by atoms with E-state index in [1.807, 2.05) is 19.9 Å². The Labute approximate surface area is 143 Å². The van der Waals surface area contributed by atoms with Gasteiger partial charge in [-0.05, 0) is 37.8 Å². The largest absolute Gasteiger partial charge is 0.314 e. The van der Waals surface area contributed by atoms with Crippen molar-refractivity contribution in [3.05, 3.63) is 42.0 Å². The molecular weight excluding hydrogens is 282 g/mol. The Balaban J connectivity index is 0.000000381. The zero-order valence-electron chi connectivity index (χ0n) is 15.5. The number of carbonyl (C=O) groups excluding carboxylic acids is 1. The van der Waals surface area contributed by atoms with E-state index in [1.165, 1.54) is 12.0 Å². The molecule has 1 aromatic rings. The van der Waals surface area contributed by atoms with Crippen LogP contribution >= 0.6 is 0 Å². The second kappa shape index (κ2) is 15.5. The highest BCUT2D eigenvalue weighted by Gasteiger charge is 2.17. The number of hydrogen-bond acceptors (Lipinski definition) is 2. The summed E-state index contributed by atoms with van der Waals surface area (Å²) >= 11 is 0. The van der Waals surface area contributed by atoms with Gasteiger partial charge in [-0.25, -0.2) is 0 Å². The van der Waals surface area contributed by atoms with Gasteiger partial charge in [0.2, 0.25) is 0 Å². The minimum absolute atomic E-state index is 0.444. The summed E-state index contributed by atoms with van der Waals surface area (Å²) in [6.07, 6.45) is 10.3. The zero-order chi connectivity index (χ0) is 17.3. The number of Topliss-reactive ketones (excluding diaryl/α,β-unsaturated/α-hetero) is 1. The van der Waals surface area contributed by atoms with Crippen LogP contribution in [0.1, 0.15) is 71.8 Å². The molecule has 0 atom stereocenters. The van der Waals surface area contributed by atoms with E-state index in [4.69, 9.17) is 0 Å². The second-order valence-electron chi connectivity index (χ2n) is 5.49. The third-order valence-corrected chi connectivity index (χ3v) is 3.57. The number of carbonyl (C=O) groups is 1. The van der Waals surface area contributed by atoms with E-state index in [0.29, 0.717) is 11.8 Å². The number of hydrogen-bond donors (Lipinski definition) is 1. The SMILES string of the molecule is CC.CC/C=C\c1ccccc1.CCCNC1CCC(=O)CC1. The molecule has 0 saturated heterocycles. The monoisotopic (exact) mass is 317 g/mol. The van der Waals surface area contributed by atoms with Gasteiger partial charge in [-0.2, -0.15) is 0 Å². The van der Waals surface area contributed by atoms with Crippen molar-refractivity contribution < 1.29 is 4.79 Å². The van der Waals surface area contributed by atoms with Gasteiger partial charge in [-0.1, -0.05) is 70.2 Å². The predicted molar refractivity (Wildman–Crippen MR) is 103 cm³/mol. The van der Waals surface area contributed by atoms with Gasteiger partial charge >= 0.3 is 0 Å². The van der Waals surface area contributed by atoms with Crippen LogP contribution < -0.4 is 5.32 Å². The number of benzene rings is 1. The van der Waals surface area contributed by atoms with Crippen molar-refractivity contribution in [2.75, 3.05) is 6.54 Å². The van der Waals surface area contributed by atoms with Gasteiger partial charge in [0.05, 0.1) is 0 Å². The van der Waals surface area contributed by atoms with Crippen LogP contribution in [-0.4, -0.2) is 18.4 Å². The lowest BCUT2D eigenvalue weighted by Gasteiger charge is -2.21. The third-order valence-electron chi connectivity index (χ3n) is 3.57. The fraction of sp³-hybridized carbons (Fsp3) is 0.571. The maximum absolute atomic E-state index is 10.9. The Morgan fingerprint density at radius 1 is 1.09 bits per heavy atom. The molecule has 0 bridgehead atoms. The van der Waals surface area contributed by atoms with Crippen LogP contribution in [0.2, 0.25) is 0 Å². The minimum atomic E-state index is 0.444. The Kier molecular flexibility index (Phi) is 14.5. The first-order chi connectivity index (χ1) is 11.3. The first-order valence-corrected chi connectivity index (χ1v) is 9.23. The number of nitrogens with one attached hydrogen (secondary N) is 1. The molecule has 23 heavy (non-hydrogen) atoms. The van der Waals surface area contributed by atoms with E-state index in [0.717, 1.165) is 38.6 Å². The van der Waals surface area contributed by atoms with Crippen molar-refractivity contribution in [1.29, 1.82) is 0 Å². The van der Waals surface area contributed by atoms with Gasteiger partial charge in [-0.3, -0.25) is 4.79 Å². The third kappa shape index (κ3) is 11.8. The van der Waals surface area contributed by atoms with Crippen LogP contribution in [0.25, 0.3) is 6.08 Å². The van der Waals surface area contributed by atoms with Gasteiger partial charge < -0.3 is 5.32 Å². The van der Waals surface area contributed by atoms with Gasteiger partial charge in [0.1, 0.15) is 5.78 Å². The van der Waals surface area contributed by atoms with E-state index >= 15 is 0 Å². The summed E-state index contributed by atoms with van der Waals surface area (Å²) in [6, 6.07) is 11.0. The lowest BCUT2D eigenvalue weighted by atomic mass is 9.94. The fourth-order valence-electron chi connectivity index (χ4n) is 2.31. The number of rotatable bonds is 5.